The lowest BCUT2D eigenvalue weighted by molar-refractivity contribution is -0.149. The molecule has 2 heterocycles. The number of nitrogens with zero attached hydrogens (tertiary/aromatic N) is 1. The van der Waals surface area contributed by atoms with Gasteiger partial charge < -0.3 is 10.8 Å². The van der Waals surface area contributed by atoms with Crippen molar-refractivity contribution in [3.05, 3.63) is 10.7 Å². The fourth-order valence-corrected chi connectivity index (χ4v) is 2.02. The summed E-state index contributed by atoms with van der Waals surface area (Å²) < 4.78 is 0. The molecular formula is C7H7ClN2O3. The number of carbonyl (C=O) groups is 2. The van der Waals surface area contributed by atoms with Gasteiger partial charge in [0.2, 0.25) is 5.91 Å². The summed E-state index contributed by atoms with van der Waals surface area (Å²) >= 11 is 5.68. The normalized spacial score (nSPS) is 31.8. The summed E-state index contributed by atoms with van der Waals surface area (Å²) in [6, 6.07) is -0.836. The molecule has 5 nitrogen and oxygen atoms in total. The van der Waals surface area contributed by atoms with E-state index in [2.05, 4.69) is 0 Å². The number of carboxylic acid groups (broad SMARTS) is 1. The molecule has 2 atom stereocenters. The van der Waals surface area contributed by atoms with E-state index in [-0.39, 0.29) is 22.7 Å². The fraction of sp³-hybridized carbons (Fsp3) is 0.429. The van der Waals surface area contributed by atoms with Crippen molar-refractivity contribution in [2.75, 3.05) is 0 Å². The van der Waals surface area contributed by atoms with Crippen LogP contribution in [0.1, 0.15) is 6.42 Å². The first-order valence-electron chi connectivity index (χ1n) is 3.74. The Morgan fingerprint density at radius 1 is 1.69 bits per heavy atom. The molecule has 1 amide bonds. The zero-order valence-electron chi connectivity index (χ0n) is 6.53. The van der Waals surface area contributed by atoms with E-state index < -0.39 is 12.0 Å². The van der Waals surface area contributed by atoms with Gasteiger partial charge in [-0.15, -0.1) is 0 Å². The molecule has 3 N–H and O–H groups in total. The fourth-order valence-electron chi connectivity index (χ4n) is 1.69. The highest BCUT2D eigenvalue weighted by molar-refractivity contribution is 6.32. The maximum atomic E-state index is 11.1. The van der Waals surface area contributed by atoms with E-state index in [1.54, 1.807) is 0 Å². The second-order valence-corrected chi connectivity index (χ2v) is 3.52. The van der Waals surface area contributed by atoms with Crippen LogP contribution in [0.3, 0.4) is 0 Å². The van der Waals surface area contributed by atoms with Gasteiger partial charge in [0.1, 0.15) is 11.7 Å². The van der Waals surface area contributed by atoms with Gasteiger partial charge in [0, 0.05) is 6.42 Å². The zero-order chi connectivity index (χ0) is 9.75. The molecule has 6 heteroatoms. The Balaban J connectivity index is 2.34. The Labute approximate surface area is 78.7 Å². The summed E-state index contributed by atoms with van der Waals surface area (Å²) in [7, 11) is 0. The first kappa shape index (κ1) is 8.52. The van der Waals surface area contributed by atoms with Gasteiger partial charge in [-0.1, -0.05) is 11.6 Å². The van der Waals surface area contributed by atoms with Crippen LogP contribution in [0.15, 0.2) is 10.7 Å². The average molecular weight is 203 g/mol. The molecule has 0 radical (unpaired) electrons. The first-order valence-corrected chi connectivity index (χ1v) is 4.12. The molecule has 0 bridgehead atoms. The van der Waals surface area contributed by atoms with E-state index in [4.69, 9.17) is 22.4 Å². The Hall–Kier alpha value is -1.07. The van der Waals surface area contributed by atoms with Crippen LogP contribution in [-0.4, -0.2) is 34.0 Å². The number of hydrogen-bond donors (Lipinski definition) is 2. The van der Waals surface area contributed by atoms with Crippen LogP contribution in [-0.2, 0) is 9.59 Å². The highest BCUT2D eigenvalue weighted by Gasteiger charge is 2.53. The van der Waals surface area contributed by atoms with E-state index >= 15 is 0 Å². The van der Waals surface area contributed by atoms with Gasteiger partial charge in [-0.2, -0.15) is 0 Å². The molecule has 0 aliphatic carbocycles. The van der Waals surface area contributed by atoms with E-state index in [0.717, 1.165) is 4.90 Å². The van der Waals surface area contributed by atoms with Crippen LogP contribution in [0.5, 0.6) is 0 Å². The molecule has 0 aromatic heterocycles. The molecule has 0 spiro atoms. The Bertz CT molecular complexity index is 339. The van der Waals surface area contributed by atoms with Crippen molar-refractivity contribution >= 4 is 23.5 Å². The molecule has 2 unspecified atom stereocenters. The van der Waals surface area contributed by atoms with Crippen molar-refractivity contribution in [3.63, 3.8) is 0 Å². The number of hydrogen-bond acceptors (Lipinski definition) is 3. The van der Waals surface area contributed by atoms with Crippen molar-refractivity contribution in [1.29, 1.82) is 0 Å². The molecule has 2 aliphatic rings. The molecule has 70 valence electrons. The van der Waals surface area contributed by atoms with Crippen molar-refractivity contribution in [3.8, 4) is 0 Å². The van der Waals surface area contributed by atoms with Crippen molar-refractivity contribution in [2.24, 2.45) is 5.73 Å². The summed E-state index contributed by atoms with van der Waals surface area (Å²) in [5.41, 5.74) is 5.35. The SMILES string of the molecule is NC1C(=O)N2C(C(=O)O)=C(Cl)CC12. The summed E-state index contributed by atoms with van der Waals surface area (Å²) in [6.45, 7) is 0. The molecule has 2 rings (SSSR count). The third-order valence-corrected chi connectivity index (χ3v) is 2.69. The van der Waals surface area contributed by atoms with Gasteiger partial charge in [-0.25, -0.2) is 4.79 Å². The third-order valence-electron chi connectivity index (χ3n) is 2.36. The maximum absolute atomic E-state index is 11.1. The lowest BCUT2D eigenvalue weighted by Gasteiger charge is -2.40. The largest absolute Gasteiger partial charge is 0.477 e. The predicted octanol–water partition coefficient (Wildman–Crippen LogP) is -0.537. The van der Waals surface area contributed by atoms with E-state index in [1.807, 2.05) is 0 Å². The van der Waals surface area contributed by atoms with Crippen LogP contribution in [0.2, 0.25) is 0 Å². The zero-order valence-corrected chi connectivity index (χ0v) is 7.28. The molecular weight excluding hydrogens is 196 g/mol. The number of amides is 1. The molecule has 2 aliphatic heterocycles. The monoisotopic (exact) mass is 202 g/mol. The summed E-state index contributed by atoms with van der Waals surface area (Å²) in [6.07, 6.45) is 0.357. The molecule has 13 heavy (non-hydrogen) atoms. The molecule has 0 aromatic carbocycles. The molecule has 0 saturated carbocycles. The minimum absolute atomic E-state index is 0.113. The van der Waals surface area contributed by atoms with Crippen LogP contribution < -0.4 is 5.73 Å². The smallest absolute Gasteiger partial charge is 0.353 e. The number of aliphatic carboxylic acids is 1. The number of carbonyl (C=O) groups excluding carboxylic acids is 1. The van der Waals surface area contributed by atoms with Gasteiger partial charge >= 0.3 is 5.97 Å². The number of nitrogens with two attached hydrogens (primary N) is 1. The Morgan fingerprint density at radius 2 is 2.31 bits per heavy atom. The molecule has 0 aromatic rings. The standard InChI is InChI=1S/C7H7ClN2O3/c8-2-1-3-4(9)6(11)10(3)5(2)7(12)13/h3-4H,1,9H2,(H,12,13). The van der Waals surface area contributed by atoms with Gasteiger partial charge in [-0.05, 0) is 0 Å². The van der Waals surface area contributed by atoms with Crippen molar-refractivity contribution in [2.45, 2.75) is 18.5 Å². The van der Waals surface area contributed by atoms with E-state index in [1.165, 1.54) is 0 Å². The van der Waals surface area contributed by atoms with Crippen molar-refractivity contribution in [1.82, 2.24) is 4.90 Å². The Morgan fingerprint density at radius 3 is 2.85 bits per heavy atom. The second-order valence-electron chi connectivity index (χ2n) is 3.06. The van der Waals surface area contributed by atoms with Crippen LogP contribution in [0.25, 0.3) is 0 Å². The topological polar surface area (TPSA) is 83.6 Å². The van der Waals surface area contributed by atoms with Crippen molar-refractivity contribution < 1.29 is 14.7 Å². The second kappa shape index (κ2) is 2.46. The lowest BCUT2D eigenvalue weighted by Crippen LogP contribution is -2.66. The number of rotatable bonds is 1. The molecule has 1 saturated heterocycles. The first-order chi connectivity index (χ1) is 6.04. The van der Waals surface area contributed by atoms with Gasteiger partial charge in [0.05, 0.1) is 11.1 Å². The number of halogens is 1. The third kappa shape index (κ3) is 0.911. The highest BCUT2D eigenvalue weighted by Crippen LogP contribution is 2.39. The van der Waals surface area contributed by atoms with Crippen LogP contribution >= 0.6 is 11.6 Å². The summed E-state index contributed by atoms with van der Waals surface area (Å²) in [5, 5.41) is 8.94. The minimum Gasteiger partial charge on any atom is -0.477 e. The van der Waals surface area contributed by atoms with Gasteiger partial charge in [-0.3, -0.25) is 9.69 Å². The predicted molar refractivity (Wildman–Crippen MR) is 43.7 cm³/mol. The lowest BCUT2D eigenvalue weighted by atomic mass is 9.97. The molecule has 1 fully saturated rings. The summed E-state index contributed by atoms with van der Waals surface area (Å²) in [4.78, 5) is 23.0. The highest BCUT2D eigenvalue weighted by atomic mass is 35.5. The average Bonchev–Trinajstić information content (AvgIpc) is 2.39. The number of carboxylic acids is 1. The van der Waals surface area contributed by atoms with Crippen LogP contribution in [0, 0.1) is 0 Å². The van der Waals surface area contributed by atoms with E-state index in [0.29, 0.717) is 6.42 Å². The number of β-lactam (4-membered cyclic amide) rings is 1. The quantitative estimate of drug-likeness (QED) is 0.560. The number of fused-ring (bicyclic) bond motifs is 1. The minimum atomic E-state index is -1.17. The van der Waals surface area contributed by atoms with Crippen LogP contribution in [0.4, 0.5) is 0 Å². The summed E-state index contributed by atoms with van der Waals surface area (Å²) in [5.74, 6) is -1.54. The maximum Gasteiger partial charge on any atom is 0.353 e. The Kier molecular flexibility index (Phi) is 1.61. The van der Waals surface area contributed by atoms with E-state index in [9.17, 15) is 9.59 Å². The van der Waals surface area contributed by atoms with Gasteiger partial charge in [0.25, 0.3) is 0 Å². The van der Waals surface area contributed by atoms with Gasteiger partial charge in [0.15, 0.2) is 0 Å².